The summed E-state index contributed by atoms with van der Waals surface area (Å²) in [5.41, 5.74) is 2.85. The van der Waals surface area contributed by atoms with Gasteiger partial charge >= 0.3 is 0 Å². The summed E-state index contributed by atoms with van der Waals surface area (Å²) in [5.74, 6) is 0.316. The number of methoxy groups -OCH3 is 2. The molecule has 0 radical (unpaired) electrons. The lowest BCUT2D eigenvalue weighted by Crippen LogP contribution is -2.08. The summed E-state index contributed by atoms with van der Waals surface area (Å²) in [7, 11) is 3.29. The van der Waals surface area contributed by atoms with Gasteiger partial charge in [-0.15, -0.1) is 0 Å². The molecule has 0 aliphatic carbocycles. The molecule has 0 spiro atoms. The van der Waals surface area contributed by atoms with E-state index in [-0.39, 0.29) is 6.04 Å². The average molecular weight is 290 g/mol. The Hall–Kier alpha value is -2.14. The van der Waals surface area contributed by atoms with E-state index in [0.29, 0.717) is 6.61 Å². The van der Waals surface area contributed by atoms with E-state index in [0.717, 1.165) is 22.6 Å². The zero-order valence-corrected chi connectivity index (χ0v) is 12.4. The van der Waals surface area contributed by atoms with E-state index in [1.807, 2.05) is 25.1 Å². The van der Waals surface area contributed by atoms with Crippen LogP contribution in [0, 0.1) is 5.95 Å². The van der Waals surface area contributed by atoms with Gasteiger partial charge < -0.3 is 14.8 Å². The Bertz CT molecular complexity index is 587. The number of anilines is 1. The Morgan fingerprint density at radius 2 is 2.05 bits per heavy atom. The molecule has 0 saturated carbocycles. The first-order valence-electron chi connectivity index (χ1n) is 6.68. The largest absolute Gasteiger partial charge is 0.496 e. The van der Waals surface area contributed by atoms with Crippen molar-refractivity contribution >= 4 is 5.69 Å². The third-order valence-electron chi connectivity index (χ3n) is 3.21. The van der Waals surface area contributed by atoms with Gasteiger partial charge in [-0.3, -0.25) is 0 Å². The van der Waals surface area contributed by atoms with E-state index in [1.54, 1.807) is 20.3 Å². The van der Waals surface area contributed by atoms with E-state index in [9.17, 15) is 4.39 Å². The van der Waals surface area contributed by atoms with Gasteiger partial charge in [0.1, 0.15) is 5.75 Å². The van der Waals surface area contributed by atoms with Crippen LogP contribution in [0.25, 0.3) is 0 Å². The molecule has 1 atom stereocenters. The highest BCUT2D eigenvalue weighted by Crippen LogP contribution is 2.26. The van der Waals surface area contributed by atoms with Crippen molar-refractivity contribution in [2.45, 2.75) is 19.6 Å². The SMILES string of the molecule is COCc1cc(C(C)Nc2ccc(F)nc2)ccc1OC. The first-order valence-corrected chi connectivity index (χ1v) is 6.68. The summed E-state index contributed by atoms with van der Waals surface area (Å²) in [6.45, 7) is 2.52. The van der Waals surface area contributed by atoms with Crippen molar-refractivity contribution in [1.82, 2.24) is 4.98 Å². The Kier molecular flexibility index (Phi) is 5.11. The molecule has 1 aromatic carbocycles. The lowest BCUT2D eigenvalue weighted by atomic mass is 10.0. The van der Waals surface area contributed by atoms with E-state index in [2.05, 4.69) is 10.3 Å². The Balaban J connectivity index is 2.16. The second-order valence-corrected chi connectivity index (χ2v) is 4.74. The van der Waals surface area contributed by atoms with Gasteiger partial charge in [-0.25, -0.2) is 4.98 Å². The van der Waals surface area contributed by atoms with Crippen LogP contribution in [0.3, 0.4) is 0 Å². The van der Waals surface area contributed by atoms with Gasteiger partial charge in [-0.2, -0.15) is 4.39 Å². The molecule has 0 aliphatic rings. The number of halogens is 1. The van der Waals surface area contributed by atoms with Crippen molar-refractivity contribution in [3.8, 4) is 5.75 Å². The molecule has 2 aromatic rings. The molecule has 4 nitrogen and oxygen atoms in total. The number of pyridine rings is 1. The molecule has 112 valence electrons. The van der Waals surface area contributed by atoms with E-state index in [1.165, 1.54) is 12.3 Å². The molecule has 0 aliphatic heterocycles. The Morgan fingerprint density at radius 1 is 1.24 bits per heavy atom. The van der Waals surface area contributed by atoms with Crippen molar-refractivity contribution < 1.29 is 13.9 Å². The molecule has 1 aromatic heterocycles. The zero-order chi connectivity index (χ0) is 15.2. The third-order valence-corrected chi connectivity index (χ3v) is 3.21. The van der Waals surface area contributed by atoms with Crippen molar-refractivity contribution in [2.75, 3.05) is 19.5 Å². The molecular weight excluding hydrogens is 271 g/mol. The first kappa shape index (κ1) is 15.3. The molecule has 5 heteroatoms. The lowest BCUT2D eigenvalue weighted by Gasteiger charge is -2.17. The van der Waals surface area contributed by atoms with Gasteiger partial charge in [0.2, 0.25) is 5.95 Å². The predicted octanol–water partition coefficient (Wildman–Crippen LogP) is 3.55. The fraction of sp³-hybridized carbons (Fsp3) is 0.312. The number of nitrogens with one attached hydrogen (secondary N) is 1. The molecule has 1 heterocycles. The molecular formula is C16H19FN2O2. The number of rotatable bonds is 6. The molecule has 0 bridgehead atoms. The lowest BCUT2D eigenvalue weighted by molar-refractivity contribution is 0.181. The fourth-order valence-electron chi connectivity index (χ4n) is 2.13. The highest BCUT2D eigenvalue weighted by atomic mass is 19.1. The van der Waals surface area contributed by atoms with Crippen LogP contribution in [-0.2, 0) is 11.3 Å². The third kappa shape index (κ3) is 3.92. The van der Waals surface area contributed by atoms with Gasteiger partial charge in [-0.1, -0.05) is 6.07 Å². The minimum Gasteiger partial charge on any atom is -0.496 e. The Morgan fingerprint density at radius 3 is 2.67 bits per heavy atom. The fourth-order valence-corrected chi connectivity index (χ4v) is 2.13. The van der Waals surface area contributed by atoms with Crippen LogP contribution in [0.1, 0.15) is 24.1 Å². The zero-order valence-electron chi connectivity index (χ0n) is 12.4. The number of aromatic nitrogens is 1. The predicted molar refractivity (Wildman–Crippen MR) is 79.9 cm³/mol. The van der Waals surface area contributed by atoms with Crippen molar-refractivity contribution in [2.24, 2.45) is 0 Å². The number of hydrogen-bond acceptors (Lipinski definition) is 4. The molecule has 2 rings (SSSR count). The van der Waals surface area contributed by atoms with Crippen LogP contribution >= 0.6 is 0 Å². The van der Waals surface area contributed by atoms with Gasteiger partial charge in [0.05, 0.1) is 25.6 Å². The van der Waals surface area contributed by atoms with Crippen LogP contribution < -0.4 is 10.1 Å². The van der Waals surface area contributed by atoms with Gasteiger partial charge in [0.25, 0.3) is 0 Å². The van der Waals surface area contributed by atoms with E-state index in [4.69, 9.17) is 9.47 Å². The van der Waals surface area contributed by atoms with E-state index >= 15 is 0 Å². The maximum atomic E-state index is 12.8. The second-order valence-electron chi connectivity index (χ2n) is 4.74. The standard InChI is InChI=1S/C16H19FN2O2/c1-11(19-14-5-7-16(17)18-9-14)12-4-6-15(21-3)13(8-12)10-20-2/h4-9,11,19H,10H2,1-3H3. The molecule has 1 unspecified atom stereocenters. The summed E-state index contributed by atoms with van der Waals surface area (Å²) in [6, 6.07) is 9.01. The summed E-state index contributed by atoms with van der Waals surface area (Å²) in [6.07, 6.45) is 1.48. The average Bonchev–Trinajstić information content (AvgIpc) is 2.50. The number of nitrogens with zero attached hydrogens (tertiary/aromatic N) is 1. The number of benzene rings is 1. The normalized spacial score (nSPS) is 12.0. The topological polar surface area (TPSA) is 43.4 Å². The molecule has 0 saturated heterocycles. The first-order chi connectivity index (χ1) is 10.1. The Labute approximate surface area is 123 Å². The van der Waals surface area contributed by atoms with Gasteiger partial charge in [0, 0.05) is 18.7 Å². The van der Waals surface area contributed by atoms with Crippen molar-refractivity contribution in [3.05, 3.63) is 53.6 Å². The van der Waals surface area contributed by atoms with E-state index < -0.39 is 5.95 Å². The van der Waals surface area contributed by atoms with Crippen LogP contribution in [-0.4, -0.2) is 19.2 Å². The molecule has 0 fully saturated rings. The van der Waals surface area contributed by atoms with Crippen molar-refractivity contribution in [1.29, 1.82) is 0 Å². The molecule has 21 heavy (non-hydrogen) atoms. The van der Waals surface area contributed by atoms with Crippen LogP contribution in [0.15, 0.2) is 36.5 Å². The number of hydrogen-bond donors (Lipinski definition) is 1. The van der Waals surface area contributed by atoms with Crippen molar-refractivity contribution in [3.63, 3.8) is 0 Å². The summed E-state index contributed by atoms with van der Waals surface area (Å²) < 4.78 is 23.3. The molecule has 0 amide bonds. The highest BCUT2D eigenvalue weighted by Gasteiger charge is 2.10. The smallest absolute Gasteiger partial charge is 0.212 e. The van der Waals surface area contributed by atoms with Crippen LogP contribution in [0.2, 0.25) is 0 Å². The van der Waals surface area contributed by atoms with Crippen LogP contribution in [0.5, 0.6) is 5.75 Å². The maximum Gasteiger partial charge on any atom is 0.212 e. The molecule has 1 N–H and O–H groups in total. The van der Waals surface area contributed by atoms with Gasteiger partial charge in [0.15, 0.2) is 0 Å². The summed E-state index contributed by atoms with van der Waals surface area (Å²) in [4.78, 5) is 3.63. The summed E-state index contributed by atoms with van der Waals surface area (Å²) in [5, 5.41) is 3.28. The van der Waals surface area contributed by atoms with Gasteiger partial charge in [-0.05, 0) is 36.8 Å². The second kappa shape index (κ2) is 7.04. The highest BCUT2D eigenvalue weighted by molar-refractivity contribution is 5.45. The minimum atomic E-state index is -0.486. The summed E-state index contributed by atoms with van der Waals surface area (Å²) >= 11 is 0. The van der Waals surface area contributed by atoms with Crippen LogP contribution in [0.4, 0.5) is 10.1 Å². The quantitative estimate of drug-likeness (QED) is 0.826. The number of ether oxygens (including phenoxy) is 2. The monoisotopic (exact) mass is 290 g/mol. The maximum absolute atomic E-state index is 12.8. The minimum absolute atomic E-state index is 0.0544.